The molecule has 0 unspecified atom stereocenters. The Labute approximate surface area is 112 Å². The molecule has 2 heterocycles. The lowest BCUT2D eigenvalue weighted by molar-refractivity contribution is 0.590. The van der Waals surface area contributed by atoms with Gasteiger partial charge in [0.1, 0.15) is 0 Å². The molecule has 4 heteroatoms. The predicted molar refractivity (Wildman–Crippen MR) is 74.9 cm³/mol. The molecule has 18 heavy (non-hydrogen) atoms. The summed E-state index contributed by atoms with van der Waals surface area (Å²) in [5.41, 5.74) is 2.70. The molecule has 1 aromatic heterocycles. The molecule has 0 saturated carbocycles. The largest absolute Gasteiger partial charge is 0.301 e. The van der Waals surface area contributed by atoms with Gasteiger partial charge in [-0.2, -0.15) is 0 Å². The Morgan fingerprint density at radius 3 is 2.50 bits per heavy atom. The number of rotatable bonds is 1. The second-order valence-electron chi connectivity index (χ2n) is 5.63. The van der Waals surface area contributed by atoms with E-state index in [0.717, 1.165) is 28.8 Å². The summed E-state index contributed by atoms with van der Waals surface area (Å²) in [5, 5.41) is 9.56. The second-order valence-corrected chi connectivity index (χ2v) is 6.70. The van der Waals surface area contributed by atoms with E-state index < -0.39 is 0 Å². The Bertz CT molecular complexity index is 564. The zero-order valence-electron chi connectivity index (χ0n) is 11.0. The van der Waals surface area contributed by atoms with Gasteiger partial charge in [0.25, 0.3) is 0 Å². The van der Waals surface area contributed by atoms with Crippen LogP contribution in [0.3, 0.4) is 0 Å². The fraction of sp³-hybridized carbons (Fsp3) is 0.429. The fourth-order valence-corrected chi connectivity index (χ4v) is 3.05. The topological polar surface area (TPSA) is 30.7 Å². The summed E-state index contributed by atoms with van der Waals surface area (Å²) >= 11 is 1.78. The van der Waals surface area contributed by atoms with Crippen molar-refractivity contribution in [3.8, 4) is 11.4 Å². The summed E-state index contributed by atoms with van der Waals surface area (Å²) in [6, 6.07) is 8.69. The molecule has 94 valence electrons. The molecular formula is C14H17N3S. The van der Waals surface area contributed by atoms with Gasteiger partial charge in [0.05, 0.1) is 0 Å². The Morgan fingerprint density at radius 2 is 1.83 bits per heavy atom. The van der Waals surface area contributed by atoms with Crippen molar-refractivity contribution >= 4 is 11.8 Å². The average molecular weight is 259 g/mol. The summed E-state index contributed by atoms with van der Waals surface area (Å²) in [5.74, 6) is 2.10. The van der Waals surface area contributed by atoms with E-state index in [4.69, 9.17) is 0 Å². The maximum absolute atomic E-state index is 4.29. The van der Waals surface area contributed by atoms with Crippen LogP contribution in [0.25, 0.3) is 11.4 Å². The van der Waals surface area contributed by atoms with Crippen LogP contribution < -0.4 is 0 Å². The number of thioether (sulfide) groups is 1. The maximum Gasteiger partial charge on any atom is 0.191 e. The summed E-state index contributed by atoms with van der Waals surface area (Å²) in [4.78, 5) is 0. The van der Waals surface area contributed by atoms with Gasteiger partial charge in [0.2, 0.25) is 0 Å². The Morgan fingerprint density at radius 1 is 1.11 bits per heavy atom. The normalized spacial score (nSPS) is 14.8. The third kappa shape index (κ3) is 1.94. The molecule has 3 nitrogen and oxygen atoms in total. The van der Waals surface area contributed by atoms with Crippen LogP contribution in [0.1, 0.15) is 26.3 Å². The van der Waals surface area contributed by atoms with Crippen molar-refractivity contribution in [2.45, 2.75) is 37.9 Å². The van der Waals surface area contributed by atoms with Gasteiger partial charge in [-0.15, -0.1) is 10.2 Å². The predicted octanol–water partition coefficient (Wildman–Crippen LogP) is 3.35. The molecule has 3 rings (SSSR count). The lowest BCUT2D eigenvalue weighted by Crippen LogP contribution is -2.10. The zero-order valence-corrected chi connectivity index (χ0v) is 11.8. The van der Waals surface area contributed by atoms with E-state index in [1.54, 1.807) is 11.8 Å². The molecule has 1 aliphatic rings. The summed E-state index contributed by atoms with van der Waals surface area (Å²) in [6.07, 6.45) is 0. The van der Waals surface area contributed by atoms with Crippen LogP contribution >= 0.6 is 11.8 Å². The van der Waals surface area contributed by atoms with E-state index in [9.17, 15) is 0 Å². The Kier molecular flexibility index (Phi) is 2.70. The van der Waals surface area contributed by atoms with Gasteiger partial charge < -0.3 is 4.57 Å². The fourth-order valence-electron chi connectivity index (χ4n) is 2.16. The van der Waals surface area contributed by atoms with Gasteiger partial charge in [-0.1, -0.05) is 56.8 Å². The van der Waals surface area contributed by atoms with Crippen LogP contribution in [0, 0.1) is 0 Å². The molecule has 0 aliphatic carbocycles. The first-order valence-corrected chi connectivity index (χ1v) is 7.21. The minimum absolute atomic E-state index is 0.196. The van der Waals surface area contributed by atoms with Crippen LogP contribution in [0.15, 0.2) is 29.4 Å². The van der Waals surface area contributed by atoms with Crippen molar-refractivity contribution in [1.29, 1.82) is 0 Å². The molecule has 0 N–H and O–H groups in total. The number of aromatic nitrogens is 3. The van der Waals surface area contributed by atoms with Crippen molar-refractivity contribution in [2.75, 3.05) is 5.75 Å². The monoisotopic (exact) mass is 259 g/mol. The SMILES string of the molecule is CC(C)(C)c1ccc(-c2nnc3n2CCS3)cc1. The van der Waals surface area contributed by atoms with Gasteiger partial charge in [-0.05, 0) is 11.0 Å². The van der Waals surface area contributed by atoms with Crippen LogP contribution in [-0.4, -0.2) is 20.5 Å². The van der Waals surface area contributed by atoms with Gasteiger partial charge in [-0.3, -0.25) is 0 Å². The standard InChI is InChI=1S/C14H17N3S/c1-14(2,3)11-6-4-10(5-7-11)12-15-16-13-17(12)8-9-18-13/h4-7H,8-9H2,1-3H3. The zero-order chi connectivity index (χ0) is 12.8. The first-order valence-electron chi connectivity index (χ1n) is 6.22. The maximum atomic E-state index is 4.29. The highest BCUT2D eigenvalue weighted by atomic mass is 32.2. The van der Waals surface area contributed by atoms with Gasteiger partial charge in [0, 0.05) is 17.9 Å². The second kappa shape index (κ2) is 4.12. The third-order valence-corrected chi connectivity index (χ3v) is 4.22. The molecule has 0 atom stereocenters. The Balaban J connectivity index is 1.98. The highest BCUT2D eigenvalue weighted by Gasteiger charge is 2.19. The van der Waals surface area contributed by atoms with Crippen molar-refractivity contribution in [1.82, 2.24) is 14.8 Å². The molecule has 0 amide bonds. The van der Waals surface area contributed by atoms with Crippen LogP contribution in [-0.2, 0) is 12.0 Å². The lowest BCUT2D eigenvalue weighted by atomic mass is 9.87. The van der Waals surface area contributed by atoms with Gasteiger partial charge in [-0.25, -0.2) is 0 Å². The molecular weight excluding hydrogens is 242 g/mol. The van der Waals surface area contributed by atoms with E-state index >= 15 is 0 Å². The summed E-state index contributed by atoms with van der Waals surface area (Å²) in [6.45, 7) is 7.71. The van der Waals surface area contributed by atoms with E-state index in [0.29, 0.717) is 0 Å². The van der Waals surface area contributed by atoms with Crippen molar-refractivity contribution < 1.29 is 0 Å². The minimum Gasteiger partial charge on any atom is -0.301 e. The van der Waals surface area contributed by atoms with Crippen molar-refractivity contribution in [3.05, 3.63) is 29.8 Å². The molecule has 0 spiro atoms. The third-order valence-electron chi connectivity index (χ3n) is 3.27. The van der Waals surface area contributed by atoms with E-state index in [2.05, 4.69) is 59.8 Å². The number of benzene rings is 1. The molecule has 2 aromatic rings. The molecule has 1 aromatic carbocycles. The first kappa shape index (κ1) is 11.8. The number of hydrogen-bond donors (Lipinski definition) is 0. The summed E-state index contributed by atoms with van der Waals surface area (Å²) < 4.78 is 2.21. The molecule has 1 aliphatic heterocycles. The van der Waals surface area contributed by atoms with Gasteiger partial charge >= 0.3 is 0 Å². The Hall–Kier alpha value is -1.29. The lowest BCUT2D eigenvalue weighted by Gasteiger charge is -2.19. The van der Waals surface area contributed by atoms with Crippen molar-refractivity contribution in [3.63, 3.8) is 0 Å². The van der Waals surface area contributed by atoms with Crippen LogP contribution in [0.2, 0.25) is 0 Å². The number of hydrogen-bond acceptors (Lipinski definition) is 3. The van der Waals surface area contributed by atoms with Gasteiger partial charge in [0.15, 0.2) is 11.0 Å². The van der Waals surface area contributed by atoms with E-state index in [-0.39, 0.29) is 5.41 Å². The summed E-state index contributed by atoms with van der Waals surface area (Å²) in [7, 11) is 0. The smallest absolute Gasteiger partial charge is 0.191 e. The number of fused-ring (bicyclic) bond motifs is 1. The molecule has 0 saturated heterocycles. The average Bonchev–Trinajstić information content (AvgIpc) is 2.89. The quantitative estimate of drug-likeness (QED) is 0.787. The molecule has 0 radical (unpaired) electrons. The minimum atomic E-state index is 0.196. The van der Waals surface area contributed by atoms with Crippen LogP contribution in [0.5, 0.6) is 0 Å². The molecule has 0 fully saturated rings. The van der Waals surface area contributed by atoms with E-state index in [1.165, 1.54) is 5.56 Å². The highest BCUT2D eigenvalue weighted by Crippen LogP contribution is 2.30. The molecule has 0 bridgehead atoms. The van der Waals surface area contributed by atoms with E-state index in [1.807, 2.05) is 0 Å². The number of nitrogens with zero attached hydrogens (tertiary/aromatic N) is 3. The van der Waals surface area contributed by atoms with Crippen LogP contribution in [0.4, 0.5) is 0 Å². The highest BCUT2D eigenvalue weighted by molar-refractivity contribution is 7.99. The van der Waals surface area contributed by atoms with Crippen molar-refractivity contribution in [2.24, 2.45) is 0 Å². The first-order chi connectivity index (χ1) is 8.55.